The highest BCUT2D eigenvalue weighted by Gasteiger charge is 2.00. The Morgan fingerprint density at radius 3 is 2.16 bits per heavy atom. The number of carbonyl (C=O) groups excluding carboxylic acids is 1. The maximum atomic E-state index is 11.8. The first-order chi connectivity index (χ1) is 9.36. The molecule has 19 heavy (non-hydrogen) atoms. The molecule has 0 spiro atoms. The topological polar surface area (TPSA) is 17.1 Å². The fourth-order valence-corrected chi connectivity index (χ4v) is 1.73. The lowest BCUT2D eigenvalue weighted by molar-refractivity contribution is 0.0996. The van der Waals surface area contributed by atoms with Crippen molar-refractivity contribution in [1.82, 2.24) is 0 Å². The van der Waals surface area contributed by atoms with Gasteiger partial charge in [-0.1, -0.05) is 85.0 Å². The van der Waals surface area contributed by atoms with Crippen molar-refractivity contribution in [2.24, 2.45) is 0 Å². The van der Waals surface area contributed by atoms with Crippen LogP contribution in [0.3, 0.4) is 0 Å². The molecule has 2 aromatic carbocycles. The largest absolute Gasteiger partial charge is 0.294 e. The van der Waals surface area contributed by atoms with Gasteiger partial charge in [-0.15, -0.1) is 0 Å². The van der Waals surface area contributed by atoms with Crippen LogP contribution in [0.1, 0.15) is 22.3 Å². The SMILES string of the molecule is O=C(C/C=C/C=C/c1ccccc1)c1ccccc1. The summed E-state index contributed by atoms with van der Waals surface area (Å²) in [6.45, 7) is 0. The highest BCUT2D eigenvalue weighted by molar-refractivity contribution is 5.96. The lowest BCUT2D eigenvalue weighted by Gasteiger charge is -1.95. The Labute approximate surface area is 113 Å². The first kappa shape index (κ1) is 13.0. The molecule has 2 rings (SSSR count). The second-order valence-corrected chi connectivity index (χ2v) is 4.19. The summed E-state index contributed by atoms with van der Waals surface area (Å²) in [5.74, 6) is 0.143. The normalized spacial score (nSPS) is 11.2. The lowest BCUT2D eigenvalue weighted by Crippen LogP contribution is -1.95. The summed E-state index contributed by atoms with van der Waals surface area (Å²) in [6.07, 6.45) is 8.20. The highest BCUT2D eigenvalue weighted by atomic mass is 16.1. The van der Waals surface area contributed by atoms with Gasteiger partial charge >= 0.3 is 0 Å². The molecule has 0 unspecified atom stereocenters. The zero-order valence-corrected chi connectivity index (χ0v) is 10.7. The summed E-state index contributed by atoms with van der Waals surface area (Å²) in [5, 5.41) is 0. The van der Waals surface area contributed by atoms with Gasteiger partial charge in [0.25, 0.3) is 0 Å². The van der Waals surface area contributed by atoms with E-state index in [0.717, 1.165) is 11.1 Å². The molecule has 0 aliphatic carbocycles. The van der Waals surface area contributed by atoms with Crippen LogP contribution in [0.2, 0.25) is 0 Å². The van der Waals surface area contributed by atoms with Crippen molar-refractivity contribution < 1.29 is 4.79 Å². The average molecular weight is 248 g/mol. The van der Waals surface area contributed by atoms with Crippen molar-refractivity contribution >= 4 is 11.9 Å². The van der Waals surface area contributed by atoms with Gasteiger partial charge in [-0.2, -0.15) is 0 Å². The van der Waals surface area contributed by atoms with Crippen LogP contribution in [0.25, 0.3) is 6.08 Å². The summed E-state index contributed by atoms with van der Waals surface area (Å²) in [4.78, 5) is 11.8. The fraction of sp³-hybridized carbons (Fsp3) is 0.0556. The molecule has 0 N–H and O–H groups in total. The van der Waals surface area contributed by atoms with Crippen LogP contribution in [0, 0.1) is 0 Å². The number of allylic oxidation sites excluding steroid dienone is 3. The van der Waals surface area contributed by atoms with Crippen molar-refractivity contribution in [3.8, 4) is 0 Å². The van der Waals surface area contributed by atoms with E-state index in [2.05, 4.69) is 0 Å². The highest BCUT2D eigenvalue weighted by Crippen LogP contribution is 2.04. The third-order valence-electron chi connectivity index (χ3n) is 2.73. The van der Waals surface area contributed by atoms with E-state index in [1.54, 1.807) is 0 Å². The zero-order valence-electron chi connectivity index (χ0n) is 10.7. The number of benzene rings is 2. The molecule has 0 atom stereocenters. The lowest BCUT2D eigenvalue weighted by atomic mass is 10.1. The molecule has 0 heterocycles. The molecule has 1 nitrogen and oxygen atoms in total. The maximum Gasteiger partial charge on any atom is 0.166 e. The summed E-state index contributed by atoms with van der Waals surface area (Å²) in [7, 11) is 0. The minimum absolute atomic E-state index is 0.143. The Balaban J connectivity index is 1.84. The first-order valence-corrected chi connectivity index (χ1v) is 6.33. The molecule has 0 amide bonds. The summed E-state index contributed by atoms with van der Waals surface area (Å²) in [5.41, 5.74) is 1.92. The molecule has 94 valence electrons. The third kappa shape index (κ3) is 4.40. The molecule has 0 aliphatic heterocycles. The van der Waals surface area contributed by atoms with Gasteiger partial charge in [-0.3, -0.25) is 4.79 Å². The molecular weight excluding hydrogens is 232 g/mol. The Morgan fingerprint density at radius 2 is 1.47 bits per heavy atom. The van der Waals surface area contributed by atoms with E-state index in [9.17, 15) is 4.79 Å². The average Bonchev–Trinajstić information content (AvgIpc) is 2.49. The standard InChI is InChI=1S/C18H16O/c19-18(17-13-7-3-8-14-17)15-9-2-6-12-16-10-4-1-5-11-16/h1-14H,15H2/b9-2+,12-6+. The van der Waals surface area contributed by atoms with E-state index < -0.39 is 0 Å². The second-order valence-electron chi connectivity index (χ2n) is 4.19. The minimum atomic E-state index is 0.143. The molecule has 0 aromatic heterocycles. The van der Waals surface area contributed by atoms with Crippen LogP contribution in [0.15, 0.2) is 78.9 Å². The van der Waals surface area contributed by atoms with Crippen molar-refractivity contribution in [3.63, 3.8) is 0 Å². The Bertz CT molecular complexity index is 565. The van der Waals surface area contributed by atoms with Gasteiger partial charge in [-0.25, -0.2) is 0 Å². The molecule has 0 aliphatic rings. The molecule has 0 saturated heterocycles. The smallest absolute Gasteiger partial charge is 0.166 e. The van der Waals surface area contributed by atoms with Gasteiger partial charge in [0.05, 0.1) is 0 Å². The van der Waals surface area contributed by atoms with Crippen LogP contribution in [-0.4, -0.2) is 5.78 Å². The Hall–Kier alpha value is -2.41. The number of hydrogen-bond acceptors (Lipinski definition) is 1. The number of hydrogen-bond donors (Lipinski definition) is 0. The van der Waals surface area contributed by atoms with Crippen LogP contribution < -0.4 is 0 Å². The Morgan fingerprint density at radius 1 is 0.842 bits per heavy atom. The van der Waals surface area contributed by atoms with E-state index in [1.165, 1.54) is 0 Å². The van der Waals surface area contributed by atoms with Crippen LogP contribution >= 0.6 is 0 Å². The van der Waals surface area contributed by atoms with E-state index in [0.29, 0.717) is 6.42 Å². The number of ketones is 1. The predicted octanol–water partition coefficient (Wildman–Crippen LogP) is 4.53. The van der Waals surface area contributed by atoms with E-state index in [4.69, 9.17) is 0 Å². The zero-order chi connectivity index (χ0) is 13.3. The molecule has 0 bridgehead atoms. The predicted molar refractivity (Wildman–Crippen MR) is 80.0 cm³/mol. The van der Waals surface area contributed by atoms with Gasteiger partial charge in [0, 0.05) is 12.0 Å². The van der Waals surface area contributed by atoms with Crippen molar-refractivity contribution in [2.75, 3.05) is 0 Å². The third-order valence-corrected chi connectivity index (χ3v) is 2.73. The maximum absolute atomic E-state index is 11.8. The van der Waals surface area contributed by atoms with Crippen molar-refractivity contribution in [3.05, 3.63) is 90.0 Å². The van der Waals surface area contributed by atoms with Crippen LogP contribution in [0.4, 0.5) is 0 Å². The molecule has 0 saturated carbocycles. The number of Topliss-reactive ketones (excluding diaryl/α,β-unsaturated/α-hetero) is 1. The summed E-state index contributed by atoms with van der Waals surface area (Å²) >= 11 is 0. The molecule has 2 aromatic rings. The van der Waals surface area contributed by atoms with Gasteiger partial charge in [-0.05, 0) is 5.56 Å². The number of carbonyl (C=O) groups is 1. The van der Waals surface area contributed by atoms with Gasteiger partial charge in [0.15, 0.2) is 5.78 Å². The van der Waals surface area contributed by atoms with Gasteiger partial charge < -0.3 is 0 Å². The summed E-state index contributed by atoms with van der Waals surface area (Å²) < 4.78 is 0. The monoisotopic (exact) mass is 248 g/mol. The van der Waals surface area contributed by atoms with E-state index >= 15 is 0 Å². The molecular formula is C18H16O. The Kier molecular flexibility index (Phi) is 4.88. The molecule has 0 radical (unpaired) electrons. The first-order valence-electron chi connectivity index (χ1n) is 6.33. The fourth-order valence-electron chi connectivity index (χ4n) is 1.73. The van der Waals surface area contributed by atoms with E-state index in [1.807, 2.05) is 85.0 Å². The molecule has 1 heteroatoms. The summed E-state index contributed by atoms with van der Waals surface area (Å²) in [6, 6.07) is 19.4. The second kappa shape index (κ2) is 7.12. The van der Waals surface area contributed by atoms with Crippen molar-refractivity contribution in [2.45, 2.75) is 6.42 Å². The number of rotatable bonds is 5. The van der Waals surface area contributed by atoms with Gasteiger partial charge in [0.1, 0.15) is 0 Å². The minimum Gasteiger partial charge on any atom is -0.294 e. The molecule has 0 fully saturated rings. The van der Waals surface area contributed by atoms with E-state index in [-0.39, 0.29) is 5.78 Å². The van der Waals surface area contributed by atoms with Gasteiger partial charge in [0.2, 0.25) is 0 Å². The quantitative estimate of drug-likeness (QED) is 0.561. The van der Waals surface area contributed by atoms with Crippen LogP contribution in [-0.2, 0) is 0 Å². The van der Waals surface area contributed by atoms with Crippen molar-refractivity contribution in [1.29, 1.82) is 0 Å². The van der Waals surface area contributed by atoms with Crippen LogP contribution in [0.5, 0.6) is 0 Å².